The highest BCUT2D eigenvalue weighted by molar-refractivity contribution is 5.68. The number of carboxylic acids is 1. The molecule has 1 fully saturated rings. The molecule has 2 rings (SSSR count). The second kappa shape index (κ2) is 5.27. The Balaban J connectivity index is 2.08. The third-order valence-corrected chi connectivity index (χ3v) is 3.72. The molecule has 0 amide bonds. The summed E-state index contributed by atoms with van der Waals surface area (Å²) >= 11 is 0. The summed E-state index contributed by atoms with van der Waals surface area (Å²) in [5, 5.41) is 20.9. The lowest BCUT2D eigenvalue weighted by molar-refractivity contribution is -0.141. The summed E-state index contributed by atoms with van der Waals surface area (Å²) in [6.07, 6.45) is 2.83. The van der Waals surface area contributed by atoms with Gasteiger partial charge in [-0.2, -0.15) is 5.26 Å². The molecule has 1 aromatic rings. The first-order valence-electron chi connectivity index (χ1n) is 6.21. The van der Waals surface area contributed by atoms with Crippen molar-refractivity contribution in [1.82, 2.24) is 0 Å². The van der Waals surface area contributed by atoms with Crippen molar-refractivity contribution in [3.05, 3.63) is 29.6 Å². The van der Waals surface area contributed by atoms with E-state index in [1.54, 1.807) is 6.07 Å². The Hall–Kier alpha value is -2.09. The lowest BCUT2D eigenvalue weighted by atomic mass is 9.66. The smallest absolute Gasteiger partial charge is 0.303 e. The van der Waals surface area contributed by atoms with Crippen LogP contribution in [-0.2, 0) is 4.79 Å². The summed E-state index contributed by atoms with van der Waals surface area (Å²) < 4.78 is 13.4. The summed E-state index contributed by atoms with van der Waals surface area (Å²) in [7, 11) is 0. The molecule has 19 heavy (non-hydrogen) atoms. The van der Waals surface area contributed by atoms with E-state index in [1.165, 1.54) is 12.1 Å². The van der Waals surface area contributed by atoms with Gasteiger partial charge >= 0.3 is 5.97 Å². The molecule has 1 saturated carbocycles. The summed E-state index contributed by atoms with van der Waals surface area (Å²) in [6.45, 7) is 0.456. The zero-order valence-electron chi connectivity index (χ0n) is 10.4. The minimum Gasteiger partial charge on any atom is -0.481 e. The number of nitrogens with zero attached hydrogens (tertiary/aromatic N) is 1. The maximum atomic E-state index is 13.4. The second-order valence-electron chi connectivity index (χ2n) is 5.05. The lowest BCUT2D eigenvalue weighted by Crippen LogP contribution is -2.38. The van der Waals surface area contributed by atoms with Gasteiger partial charge in [-0.25, -0.2) is 4.39 Å². The van der Waals surface area contributed by atoms with Crippen molar-refractivity contribution in [2.75, 3.05) is 11.9 Å². The number of hydrogen-bond donors (Lipinski definition) is 2. The molecule has 0 aliphatic heterocycles. The number of carbonyl (C=O) groups is 1. The average molecular weight is 262 g/mol. The molecule has 0 atom stereocenters. The van der Waals surface area contributed by atoms with Gasteiger partial charge in [-0.15, -0.1) is 0 Å². The van der Waals surface area contributed by atoms with E-state index in [4.69, 9.17) is 10.4 Å². The molecule has 100 valence electrons. The van der Waals surface area contributed by atoms with Gasteiger partial charge in [-0.3, -0.25) is 4.79 Å². The molecule has 0 heterocycles. The molecule has 2 N–H and O–H groups in total. The first kappa shape index (κ1) is 13.3. The molecule has 1 aromatic carbocycles. The maximum absolute atomic E-state index is 13.4. The molecule has 0 radical (unpaired) electrons. The van der Waals surface area contributed by atoms with Gasteiger partial charge in [0.15, 0.2) is 0 Å². The molecule has 1 aliphatic carbocycles. The van der Waals surface area contributed by atoms with Crippen LogP contribution in [0, 0.1) is 22.6 Å². The molecule has 5 heteroatoms. The van der Waals surface area contributed by atoms with Crippen molar-refractivity contribution in [3.8, 4) is 6.07 Å². The topological polar surface area (TPSA) is 73.1 Å². The standard InChI is InChI=1S/C14H15FN2O2/c15-11-3-1-4-12(10(11)8-16)17-9-14(5-2-6-14)7-13(18)19/h1,3-4,17H,2,5-7,9H2,(H,18,19). The monoisotopic (exact) mass is 262 g/mol. The van der Waals surface area contributed by atoms with E-state index in [-0.39, 0.29) is 17.4 Å². The van der Waals surface area contributed by atoms with E-state index in [9.17, 15) is 9.18 Å². The zero-order valence-corrected chi connectivity index (χ0v) is 10.4. The van der Waals surface area contributed by atoms with Crippen LogP contribution in [0.15, 0.2) is 18.2 Å². The SMILES string of the molecule is N#Cc1c(F)cccc1NCC1(CC(=O)O)CCC1. The molecular formula is C14H15FN2O2. The van der Waals surface area contributed by atoms with E-state index in [0.29, 0.717) is 12.2 Å². The van der Waals surface area contributed by atoms with Gasteiger partial charge in [-0.1, -0.05) is 12.5 Å². The Morgan fingerprint density at radius 2 is 2.26 bits per heavy atom. The maximum Gasteiger partial charge on any atom is 0.303 e. The number of nitriles is 1. The molecule has 4 nitrogen and oxygen atoms in total. The Kier molecular flexibility index (Phi) is 3.70. The molecular weight excluding hydrogens is 247 g/mol. The van der Waals surface area contributed by atoms with Crippen LogP contribution in [0.25, 0.3) is 0 Å². The van der Waals surface area contributed by atoms with E-state index >= 15 is 0 Å². The number of halogens is 1. The fourth-order valence-electron chi connectivity index (χ4n) is 2.48. The highest BCUT2D eigenvalue weighted by atomic mass is 19.1. The van der Waals surface area contributed by atoms with Crippen molar-refractivity contribution < 1.29 is 14.3 Å². The van der Waals surface area contributed by atoms with Gasteiger partial charge in [0.25, 0.3) is 0 Å². The lowest BCUT2D eigenvalue weighted by Gasteiger charge is -2.41. The van der Waals surface area contributed by atoms with Crippen molar-refractivity contribution in [1.29, 1.82) is 5.26 Å². The number of hydrogen-bond acceptors (Lipinski definition) is 3. The Morgan fingerprint density at radius 3 is 2.79 bits per heavy atom. The molecule has 0 unspecified atom stereocenters. The molecule has 0 spiro atoms. The van der Waals surface area contributed by atoms with E-state index in [0.717, 1.165) is 19.3 Å². The largest absolute Gasteiger partial charge is 0.481 e. The minimum absolute atomic E-state index is 0.0210. The van der Waals surface area contributed by atoms with Gasteiger partial charge in [0, 0.05) is 6.54 Å². The third-order valence-electron chi connectivity index (χ3n) is 3.72. The average Bonchev–Trinajstić information content (AvgIpc) is 2.32. The molecule has 0 aromatic heterocycles. The quantitative estimate of drug-likeness (QED) is 0.855. The number of nitrogens with one attached hydrogen (secondary N) is 1. The summed E-state index contributed by atoms with van der Waals surface area (Å²) in [5.74, 6) is -1.38. The first-order chi connectivity index (χ1) is 9.06. The fraction of sp³-hybridized carbons (Fsp3) is 0.429. The summed E-state index contributed by atoms with van der Waals surface area (Å²) in [5.41, 5.74) is 0.150. The van der Waals surface area contributed by atoms with E-state index in [1.807, 2.05) is 6.07 Å². The fourth-order valence-corrected chi connectivity index (χ4v) is 2.48. The van der Waals surface area contributed by atoms with Gasteiger partial charge in [-0.05, 0) is 30.4 Å². The predicted octanol–water partition coefficient (Wildman–Crippen LogP) is 2.75. The van der Waals surface area contributed by atoms with Crippen molar-refractivity contribution >= 4 is 11.7 Å². The molecule has 0 saturated heterocycles. The van der Waals surface area contributed by atoms with Crippen molar-refractivity contribution in [2.45, 2.75) is 25.7 Å². The molecule has 1 aliphatic rings. The van der Waals surface area contributed by atoms with Crippen LogP contribution in [0.3, 0.4) is 0 Å². The number of benzene rings is 1. The van der Waals surface area contributed by atoms with Gasteiger partial charge in [0.05, 0.1) is 12.1 Å². The highest BCUT2D eigenvalue weighted by Gasteiger charge is 2.38. The van der Waals surface area contributed by atoms with Crippen molar-refractivity contribution in [3.63, 3.8) is 0 Å². The Morgan fingerprint density at radius 1 is 1.53 bits per heavy atom. The zero-order chi connectivity index (χ0) is 13.9. The number of rotatable bonds is 5. The van der Waals surface area contributed by atoms with Gasteiger partial charge < -0.3 is 10.4 Å². The van der Waals surface area contributed by atoms with Crippen LogP contribution in [0.2, 0.25) is 0 Å². The number of anilines is 1. The third kappa shape index (κ3) is 2.84. The number of aliphatic carboxylic acids is 1. The van der Waals surface area contributed by atoms with E-state index < -0.39 is 11.8 Å². The minimum atomic E-state index is -0.818. The van der Waals surface area contributed by atoms with Crippen molar-refractivity contribution in [2.24, 2.45) is 5.41 Å². The summed E-state index contributed by atoms with van der Waals surface area (Å²) in [4.78, 5) is 10.9. The van der Waals surface area contributed by atoms with Crippen LogP contribution in [-0.4, -0.2) is 17.6 Å². The van der Waals surface area contributed by atoms with Crippen LogP contribution in [0.1, 0.15) is 31.2 Å². The predicted molar refractivity (Wildman–Crippen MR) is 68.1 cm³/mol. The van der Waals surface area contributed by atoms with Crippen LogP contribution < -0.4 is 5.32 Å². The normalized spacial score (nSPS) is 16.2. The van der Waals surface area contributed by atoms with Crippen LogP contribution >= 0.6 is 0 Å². The van der Waals surface area contributed by atoms with Crippen LogP contribution in [0.5, 0.6) is 0 Å². The van der Waals surface area contributed by atoms with E-state index in [2.05, 4.69) is 5.32 Å². The highest BCUT2D eigenvalue weighted by Crippen LogP contribution is 2.44. The van der Waals surface area contributed by atoms with Crippen LogP contribution in [0.4, 0.5) is 10.1 Å². The Bertz CT molecular complexity index is 533. The second-order valence-corrected chi connectivity index (χ2v) is 5.05. The molecule has 0 bridgehead atoms. The first-order valence-corrected chi connectivity index (χ1v) is 6.21. The van der Waals surface area contributed by atoms with Gasteiger partial charge in [0.2, 0.25) is 0 Å². The summed E-state index contributed by atoms with van der Waals surface area (Å²) in [6, 6.07) is 6.22. The van der Waals surface area contributed by atoms with Gasteiger partial charge in [0.1, 0.15) is 17.4 Å². The number of carboxylic acid groups (broad SMARTS) is 1. The Labute approximate surface area is 110 Å².